The molecular weight excluding hydrogens is 562 g/mol. The number of benzene rings is 1. The Hall–Kier alpha value is -4.17. The monoisotopic (exact) mass is 586 g/mol. The summed E-state index contributed by atoms with van der Waals surface area (Å²) in [4.78, 5) is 16.0. The van der Waals surface area contributed by atoms with Crippen molar-refractivity contribution in [2.75, 3.05) is 30.3 Å². The van der Waals surface area contributed by atoms with Crippen molar-refractivity contribution in [3.63, 3.8) is 0 Å². The standard InChI is InChI=1S/C29H24F2N8O2S/c30-18-8-36-23(20-15(5-32)26(34)42-25(18)20)19-16-9-40-10-17(16)21-24(22(19)31)37-28(41-12-29(11-33)3-4-29)38-27(21)39-13-1-2-14(39)7-35-6-13/h8,13-14,35H,1-4,6-7,9-10,12,34H2. The van der Waals surface area contributed by atoms with Crippen molar-refractivity contribution < 1.29 is 18.3 Å². The van der Waals surface area contributed by atoms with Crippen LogP contribution in [0.3, 0.4) is 0 Å². The predicted octanol–water partition coefficient (Wildman–Crippen LogP) is 4.29. The first-order valence-corrected chi connectivity index (χ1v) is 14.7. The number of rotatable bonds is 5. The molecule has 13 heteroatoms. The molecule has 2 atom stereocenters. The number of anilines is 2. The molecule has 6 heterocycles. The van der Waals surface area contributed by atoms with Crippen LogP contribution in [0, 0.1) is 39.7 Å². The molecule has 8 rings (SSSR count). The molecule has 3 aliphatic heterocycles. The van der Waals surface area contributed by atoms with Gasteiger partial charge in [-0.05, 0) is 36.8 Å². The third-order valence-corrected chi connectivity index (χ3v) is 10.0. The quantitative estimate of drug-likeness (QED) is 0.347. The van der Waals surface area contributed by atoms with Gasteiger partial charge in [0.1, 0.15) is 29.0 Å². The molecule has 2 saturated heterocycles. The maximum Gasteiger partial charge on any atom is 0.319 e. The number of nitriles is 2. The molecule has 3 aromatic heterocycles. The molecule has 0 spiro atoms. The summed E-state index contributed by atoms with van der Waals surface area (Å²) in [6, 6.07) is 4.70. The lowest BCUT2D eigenvalue weighted by Gasteiger charge is -2.37. The zero-order valence-corrected chi connectivity index (χ0v) is 23.2. The third-order valence-electron chi connectivity index (χ3n) is 8.99. The predicted molar refractivity (Wildman–Crippen MR) is 151 cm³/mol. The molecule has 2 bridgehead atoms. The highest BCUT2D eigenvalue weighted by Crippen LogP contribution is 2.48. The van der Waals surface area contributed by atoms with Crippen molar-refractivity contribution in [3.8, 4) is 29.4 Å². The summed E-state index contributed by atoms with van der Waals surface area (Å²) < 4.78 is 43.9. The maximum atomic E-state index is 17.0. The van der Waals surface area contributed by atoms with E-state index in [9.17, 15) is 14.9 Å². The van der Waals surface area contributed by atoms with E-state index in [0.29, 0.717) is 16.8 Å². The number of hydrogen-bond acceptors (Lipinski definition) is 11. The molecule has 1 aromatic carbocycles. The number of halogens is 2. The molecule has 2 unspecified atom stereocenters. The van der Waals surface area contributed by atoms with Gasteiger partial charge >= 0.3 is 6.01 Å². The third kappa shape index (κ3) is 3.60. The Kier molecular flexibility index (Phi) is 5.57. The van der Waals surface area contributed by atoms with E-state index >= 15 is 4.39 Å². The summed E-state index contributed by atoms with van der Waals surface area (Å²) in [7, 11) is 0. The molecule has 0 amide bonds. The minimum absolute atomic E-state index is 0.00428. The zero-order chi connectivity index (χ0) is 28.7. The van der Waals surface area contributed by atoms with E-state index in [2.05, 4.69) is 26.3 Å². The molecule has 1 saturated carbocycles. The highest BCUT2D eigenvalue weighted by atomic mass is 32.1. The normalized spacial score (nSPS) is 21.9. The first kappa shape index (κ1) is 25.5. The number of pyridine rings is 1. The first-order valence-electron chi connectivity index (χ1n) is 13.9. The van der Waals surface area contributed by atoms with Gasteiger partial charge in [0, 0.05) is 36.1 Å². The van der Waals surface area contributed by atoms with E-state index in [1.807, 2.05) is 6.07 Å². The number of nitrogens with zero attached hydrogens (tertiary/aromatic N) is 6. The number of aromatic nitrogens is 3. The highest BCUT2D eigenvalue weighted by molar-refractivity contribution is 7.23. The Morgan fingerprint density at radius 2 is 1.90 bits per heavy atom. The number of piperazine rings is 1. The largest absolute Gasteiger partial charge is 0.462 e. The van der Waals surface area contributed by atoms with Crippen LogP contribution in [0.2, 0.25) is 0 Å². The first-order chi connectivity index (χ1) is 20.4. The van der Waals surface area contributed by atoms with E-state index in [0.717, 1.165) is 61.9 Å². The second-order valence-electron chi connectivity index (χ2n) is 11.4. The maximum absolute atomic E-state index is 17.0. The summed E-state index contributed by atoms with van der Waals surface area (Å²) in [5.41, 5.74) is 7.11. The molecule has 0 radical (unpaired) electrons. The number of nitrogen functional groups attached to an aromatic ring is 1. The number of fused-ring (bicyclic) bond motifs is 6. The van der Waals surface area contributed by atoms with Crippen LogP contribution in [0.4, 0.5) is 19.6 Å². The fourth-order valence-electron chi connectivity index (χ4n) is 6.64. The second kappa shape index (κ2) is 9.16. The molecule has 42 heavy (non-hydrogen) atoms. The Morgan fingerprint density at radius 3 is 2.62 bits per heavy atom. The number of thiophene rings is 1. The number of nitrogens with one attached hydrogen (secondary N) is 1. The summed E-state index contributed by atoms with van der Waals surface area (Å²) in [6.45, 7) is 1.99. The molecule has 4 aromatic rings. The number of nitrogens with two attached hydrogens (primary N) is 1. The van der Waals surface area contributed by atoms with Crippen molar-refractivity contribution >= 4 is 43.1 Å². The van der Waals surface area contributed by atoms with Crippen LogP contribution >= 0.6 is 11.3 Å². The molecule has 1 aliphatic carbocycles. The average molecular weight is 587 g/mol. The number of ether oxygens (including phenoxy) is 2. The summed E-state index contributed by atoms with van der Waals surface area (Å²) in [5, 5.41) is 23.8. The van der Waals surface area contributed by atoms with E-state index < -0.39 is 17.0 Å². The van der Waals surface area contributed by atoms with Gasteiger partial charge in [0.05, 0.1) is 52.2 Å². The zero-order valence-electron chi connectivity index (χ0n) is 22.3. The van der Waals surface area contributed by atoms with E-state index in [1.165, 1.54) is 0 Å². The van der Waals surface area contributed by atoms with Crippen LogP contribution in [0.15, 0.2) is 6.20 Å². The lowest BCUT2D eigenvalue weighted by Crippen LogP contribution is -2.52. The Labute approximate surface area is 242 Å². The van der Waals surface area contributed by atoms with Gasteiger partial charge in [-0.25, -0.2) is 8.78 Å². The van der Waals surface area contributed by atoms with Crippen molar-refractivity contribution in [2.24, 2.45) is 5.41 Å². The molecule has 3 N–H and O–H groups in total. The van der Waals surface area contributed by atoms with Gasteiger partial charge in [-0.1, -0.05) is 0 Å². The van der Waals surface area contributed by atoms with E-state index in [4.69, 9.17) is 20.2 Å². The average Bonchev–Trinajstić information content (AvgIpc) is 3.35. The van der Waals surface area contributed by atoms with Crippen LogP contribution < -0.4 is 20.7 Å². The molecule has 4 aliphatic rings. The Balaban J connectivity index is 1.41. The van der Waals surface area contributed by atoms with Crippen molar-refractivity contribution in [1.82, 2.24) is 20.3 Å². The smallest absolute Gasteiger partial charge is 0.319 e. The molecule has 212 valence electrons. The van der Waals surface area contributed by atoms with Crippen LogP contribution in [0.25, 0.3) is 32.2 Å². The Morgan fingerprint density at radius 1 is 1.14 bits per heavy atom. The summed E-state index contributed by atoms with van der Waals surface area (Å²) in [6.07, 6.45) is 4.43. The lowest BCUT2D eigenvalue weighted by atomic mass is 9.93. The highest BCUT2D eigenvalue weighted by Gasteiger charge is 2.45. The van der Waals surface area contributed by atoms with Gasteiger partial charge in [0.2, 0.25) is 0 Å². The van der Waals surface area contributed by atoms with Gasteiger partial charge < -0.3 is 25.4 Å². The van der Waals surface area contributed by atoms with Crippen molar-refractivity contribution in [1.29, 1.82) is 10.5 Å². The van der Waals surface area contributed by atoms with Crippen LogP contribution in [0.1, 0.15) is 42.4 Å². The topological polar surface area (TPSA) is 146 Å². The van der Waals surface area contributed by atoms with Gasteiger partial charge in [0.15, 0.2) is 11.6 Å². The summed E-state index contributed by atoms with van der Waals surface area (Å²) in [5.74, 6) is -0.726. The Bertz CT molecular complexity index is 1890. The fraction of sp³-hybridized carbons (Fsp3) is 0.414. The SMILES string of the molecule is N#Cc1c(N)sc2c(F)cnc(-c3c4c(c5c(N6C7CCC6CNC7)nc(OCC6(C#N)CC6)nc5c3F)COC4)c12. The minimum atomic E-state index is -0.680. The minimum Gasteiger partial charge on any atom is -0.462 e. The molecular formula is C29H24F2N8O2S. The molecule has 10 nitrogen and oxygen atoms in total. The number of hydrogen-bond donors (Lipinski definition) is 2. The summed E-state index contributed by atoms with van der Waals surface area (Å²) >= 11 is 0.932. The van der Waals surface area contributed by atoms with Gasteiger partial charge in [-0.2, -0.15) is 20.5 Å². The van der Waals surface area contributed by atoms with Crippen LogP contribution in [-0.2, 0) is 18.0 Å². The van der Waals surface area contributed by atoms with Crippen LogP contribution in [0.5, 0.6) is 6.01 Å². The van der Waals surface area contributed by atoms with E-state index in [1.54, 1.807) is 0 Å². The van der Waals surface area contributed by atoms with Crippen molar-refractivity contribution in [2.45, 2.75) is 51.0 Å². The second-order valence-corrected chi connectivity index (χ2v) is 12.5. The van der Waals surface area contributed by atoms with Crippen molar-refractivity contribution in [3.05, 3.63) is 34.5 Å². The fourth-order valence-corrected chi connectivity index (χ4v) is 7.57. The van der Waals surface area contributed by atoms with Gasteiger partial charge in [-0.3, -0.25) is 4.98 Å². The lowest BCUT2D eigenvalue weighted by molar-refractivity contribution is 0.135. The molecule has 3 fully saturated rings. The van der Waals surface area contributed by atoms with Gasteiger partial charge in [-0.15, -0.1) is 11.3 Å². The van der Waals surface area contributed by atoms with Gasteiger partial charge in [0.25, 0.3) is 0 Å². The van der Waals surface area contributed by atoms with Crippen LogP contribution in [-0.4, -0.2) is 46.7 Å². The van der Waals surface area contributed by atoms with E-state index in [-0.39, 0.29) is 75.3 Å².